The number of carbonyl (C=O) groups is 1. The first-order valence-electron chi connectivity index (χ1n) is 5.36. The number of nitrogens with one attached hydrogen (secondary N) is 2. The molecule has 0 radical (unpaired) electrons. The van der Waals surface area contributed by atoms with Gasteiger partial charge in [0.15, 0.2) is 0 Å². The highest BCUT2D eigenvalue weighted by molar-refractivity contribution is 6.33. The van der Waals surface area contributed by atoms with E-state index in [1.807, 2.05) is 13.8 Å². The number of rotatable bonds is 5. The van der Waals surface area contributed by atoms with E-state index in [0.717, 1.165) is 0 Å². The largest absolute Gasteiger partial charge is 0.377 e. The highest BCUT2D eigenvalue weighted by Gasteiger charge is 2.19. The molecule has 0 atom stereocenters. The summed E-state index contributed by atoms with van der Waals surface area (Å²) in [5, 5.41) is 2.97. The Morgan fingerprint density at radius 2 is 2.22 bits per heavy atom. The van der Waals surface area contributed by atoms with Crippen LogP contribution in [0.25, 0.3) is 0 Å². The maximum atomic E-state index is 11.9. The van der Waals surface area contributed by atoms with E-state index in [4.69, 9.17) is 22.2 Å². The van der Waals surface area contributed by atoms with Crippen LogP contribution in [-0.4, -0.2) is 30.1 Å². The third-order valence-electron chi connectivity index (χ3n) is 2.44. The van der Waals surface area contributed by atoms with Gasteiger partial charge in [0.2, 0.25) is 0 Å². The molecule has 0 aliphatic rings. The minimum absolute atomic E-state index is 0.124. The number of hydrogen-bond acceptors (Lipinski definition) is 5. The molecular weight excluding hydrogens is 256 g/mol. The van der Waals surface area contributed by atoms with Crippen molar-refractivity contribution in [3.63, 3.8) is 0 Å². The SMILES string of the molecule is COC(C)(C)CNC(=O)c1nc(NN)ccc1Cl. The summed E-state index contributed by atoms with van der Waals surface area (Å²) in [6.45, 7) is 4.07. The molecule has 1 aromatic rings. The number of nitrogens with zero attached hydrogens (tertiary/aromatic N) is 1. The molecule has 1 rings (SSSR count). The minimum atomic E-state index is -0.453. The van der Waals surface area contributed by atoms with Gasteiger partial charge in [0.05, 0.1) is 10.6 Å². The first-order valence-corrected chi connectivity index (χ1v) is 5.74. The molecule has 100 valence electrons. The van der Waals surface area contributed by atoms with Crippen molar-refractivity contribution in [1.29, 1.82) is 0 Å². The average Bonchev–Trinajstić information content (AvgIpc) is 2.36. The van der Waals surface area contributed by atoms with Crippen molar-refractivity contribution in [2.24, 2.45) is 5.84 Å². The second-order valence-electron chi connectivity index (χ2n) is 4.32. The number of nitrogen functional groups attached to an aromatic ring is 1. The van der Waals surface area contributed by atoms with Crippen molar-refractivity contribution in [1.82, 2.24) is 10.3 Å². The first kappa shape index (κ1) is 14.7. The minimum Gasteiger partial charge on any atom is -0.377 e. The Hall–Kier alpha value is -1.37. The molecule has 0 saturated carbocycles. The monoisotopic (exact) mass is 272 g/mol. The van der Waals surface area contributed by atoms with Crippen molar-refractivity contribution in [3.8, 4) is 0 Å². The Morgan fingerprint density at radius 3 is 2.78 bits per heavy atom. The number of ether oxygens (including phenoxy) is 1. The number of carbonyl (C=O) groups excluding carboxylic acids is 1. The van der Waals surface area contributed by atoms with Crippen molar-refractivity contribution in [3.05, 3.63) is 22.8 Å². The summed E-state index contributed by atoms with van der Waals surface area (Å²) in [7, 11) is 1.58. The van der Waals surface area contributed by atoms with Crippen LogP contribution in [0, 0.1) is 0 Å². The molecule has 0 spiro atoms. The third-order valence-corrected chi connectivity index (χ3v) is 2.74. The van der Waals surface area contributed by atoms with Gasteiger partial charge in [-0.2, -0.15) is 0 Å². The zero-order valence-corrected chi connectivity index (χ0v) is 11.3. The highest BCUT2D eigenvalue weighted by atomic mass is 35.5. The number of halogens is 1. The number of pyridine rings is 1. The van der Waals surface area contributed by atoms with Crippen molar-refractivity contribution >= 4 is 23.3 Å². The topological polar surface area (TPSA) is 89.3 Å². The van der Waals surface area contributed by atoms with Gasteiger partial charge < -0.3 is 15.5 Å². The second kappa shape index (κ2) is 5.99. The van der Waals surface area contributed by atoms with E-state index in [0.29, 0.717) is 12.4 Å². The van der Waals surface area contributed by atoms with E-state index in [1.165, 1.54) is 0 Å². The van der Waals surface area contributed by atoms with E-state index in [1.54, 1.807) is 19.2 Å². The summed E-state index contributed by atoms with van der Waals surface area (Å²) in [6, 6.07) is 3.14. The quantitative estimate of drug-likeness (QED) is 0.553. The molecule has 4 N–H and O–H groups in total. The molecule has 7 heteroatoms. The molecule has 1 aromatic heterocycles. The summed E-state index contributed by atoms with van der Waals surface area (Å²) in [5.74, 6) is 5.22. The fraction of sp³-hybridized carbons (Fsp3) is 0.455. The molecule has 1 heterocycles. The zero-order chi connectivity index (χ0) is 13.8. The van der Waals surface area contributed by atoms with Gasteiger partial charge in [-0.1, -0.05) is 11.6 Å². The van der Waals surface area contributed by atoms with Gasteiger partial charge >= 0.3 is 0 Å². The van der Waals surface area contributed by atoms with Crippen molar-refractivity contribution in [2.75, 3.05) is 19.1 Å². The van der Waals surface area contributed by atoms with Gasteiger partial charge in [0.1, 0.15) is 11.5 Å². The zero-order valence-electron chi connectivity index (χ0n) is 10.6. The van der Waals surface area contributed by atoms with Gasteiger partial charge in [-0.05, 0) is 26.0 Å². The molecule has 1 amide bonds. The number of anilines is 1. The Morgan fingerprint density at radius 1 is 1.56 bits per heavy atom. The Kier molecular flexibility index (Phi) is 4.89. The van der Waals surface area contributed by atoms with Crippen LogP contribution in [0.2, 0.25) is 5.02 Å². The Balaban J connectivity index is 2.78. The molecule has 0 unspecified atom stereocenters. The van der Waals surface area contributed by atoms with Gasteiger partial charge in [-0.25, -0.2) is 10.8 Å². The number of nitrogens with two attached hydrogens (primary N) is 1. The first-order chi connectivity index (χ1) is 8.39. The van der Waals surface area contributed by atoms with Crippen LogP contribution in [0.3, 0.4) is 0 Å². The van der Waals surface area contributed by atoms with Gasteiger partial charge in [0, 0.05) is 13.7 Å². The van der Waals surface area contributed by atoms with Gasteiger partial charge in [-0.3, -0.25) is 4.79 Å². The summed E-state index contributed by atoms with van der Waals surface area (Å²) < 4.78 is 5.20. The van der Waals surface area contributed by atoms with E-state index in [9.17, 15) is 4.79 Å². The van der Waals surface area contributed by atoms with Gasteiger partial charge in [-0.15, -0.1) is 0 Å². The van der Waals surface area contributed by atoms with E-state index >= 15 is 0 Å². The summed E-state index contributed by atoms with van der Waals surface area (Å²) in [4.78, 5) is 15.9. The fourth-order valence-electron chi connectivity index (χ4n) is 1.13. The molecule has 0 fully saturated rings. The van der Waals surface area contributed by atoms with E-state index < -0.39 is 5.60 Å². The lowest BCUT2D eigenvalue weighted by atomic mass is 10.1. The van der Waals surface area contributed by atoms with Gasteiger partial charge in [0.25, 0.3) is 5.91 Å². The van der Waals surface area contributed by atoms with Crippen LogP contribution in [-0.2, 0) is 4.74 Å². The highest BCUT2D eigenvalue weighted by Crippen LogP contribution is 2.16. The molecular formula is C11H17ClN4O2. The average molecular weight is 273 g/mol. The molecule has 18 heavy (non-hydrogen) atoms. The van der Waals surface area contributed by atoms with Crippen molar-refractivity contribution < 1.29 is 9.53 Å². The smallest absolute Gasteiger partial charge is 0.271 e. The maximum absolute atomic E-state index is 11.9. The van der Waals surface area contributed by atoms with Crippen LogP contribution in [0.5, 0.6) is 0 Å². The van der Waals surface area contributed by atoms with Crippen LogP contribution in [0.15, 0.2) is 12.1 Å². The molecule has 0 saturated heterocycles. The molecule has 6 nitrogen and oxygen atoms in total. The second-order valence-corrected chi connectivity index (χ2v) is 4.72. The number of hydrazine groups is 1. The van der Waals surface area contributed by atoms with Crippen molar-refractivity contribution in [2.45, 2.75) is 19.4 Å². The maximum Gasteiger partial charge on any atom is 0.271 e. The predicted molar refractivity (Wildman–Crippen MR) is 70.5 cm³/mol. The number of hydrogen-bond donors (Lipinski definition) is 3. The lowest BCUT2D eigenvalue weighted by Gasteiger charge is -2.23. The normalized spacial score (nSPS) is 11.2. The molecule has 0 aromatic carbocycles. The van der Waals surface area contributed by atoms with Crippen LogP contribution in [0.1, 0.15) is 24.3 Å². The van der Waals surface area contributed by atoms with E-state index in [2.05, 4.69) is 15.7 Å². The third kappa shape index (κ3) is 3.83. The van der Waals surface area contributed by atoms with Crippen LogP contribution in [0.4, 0.5) is 5.82 Å². The van der Waals surface area contributed by atoms with Crippen LogP contribution >= 0.6 is 11.6 Å². The Bertz CT molecular complexity index is 437. The van der Waals surface area contributed by atoms with Crippen LogP contribution < -0.4 is 16.6 Å². The lowest BCUT2D eigenvalue weighted by Crippen LogP contribution is -2.40. The van der Waals surface area contributed by atoms with E-state index in [-0.39, 0.29) is 16.6 Å². The fourth-order valence-corrected chi connectivity index (χ4v) is 1.32. The number of amides is 1. The molecule has 0 aliphatic carbocycles. The summed E-state index contributed by atoms with van der Waals surface area (Å²) in [6.07, 6.45) is 0. The molecule has 0 bridgehead atoms. The Labute approximate surface area is 111 Å². The predicted octanol–water partition coefficient (Wildman–Crippen LogP) is 1.18. The molecule has 0 aliphatic heterocycles. The summed E-state index contributed by atoms with van der Waals surface area (Å²) >= 11 is 5.91. The summed E-state index contributed by atoms with van der Waals surface area (Å²) in [5.41, 5.74) is 2.03. The lowest BCUT2D eigenvalue weighted by molar-refractivity contribution is 0.0228. The number of methoxy groups -OCH3 is 1. The standard InChI is InChI=1S/C11H17ClN4O2/c1-11(2,18-3)6-14-10(17)9-7(12)4-5-8(15-9)16-13/h4-5H,6,13H2,1-3H3,(H,14,17)(H,15,16). The number of aromatic nitrogens is 1.